The van der Waals surface area contributed by atoms with Crippen molar-refractivity contribution in [3.05, 3.63) is 59.8 Å². The van der Waals surface area contributed by atoms with Crippen LogP contribution in [0.15, 0.2) is 54.7 Å². The van der Waals surface area contributed by atoms with Crippen LogP contribution in [0.5, 0.6) is 5.75 Å². The van der Waals surface area contributed by atoms with Crippen molar-refractivity contribution in [3.63, 3.8) is 0 Å². The first-order valence-corrected chi connectivity index (χ1v) is 10.2. The Balaban J connectivity index is 1.45. The number of benzene rings is 2. The van der Waals surface area contributed by atoms with Gasteiger partial charge in [-0.2, -0.15) is 4.98 Å². The number of piperazine rings is 1. The zero-order chi connectivity index (χ0) is 20.9. The Hall–Kier alpha value is -3.03. The van der Waals surface area contributed by atoms with Crippen molar-refractivity contribution >= 4 is 40.4 Å². The van der Waals surface area contributed by atoms with Crippen LogP contribution < -0.4 is 20.3 Å². The van der Waals surface area contributed by atoms with Gasteiger partial charge in [-0.15, -0.1) is 0 Å². The number of hydrogen-bond acceptors (Lipinski definition) is 7. The summed E-state index contributed by atoms with van der Waals surface area (Å²) in [6.07, 6.45) is 1.58. The summed E-state index contributed by atoms with van der Waals surface area (Å²) in [6.45, 7) is 4.26. The molecule has 0 spiro atoms. The molecule has 156 valence electrons. The molecule has 0 aliphatic carbocycles. The van der Waals surface area contributed by atoms with Crippen molar-refractivity contribution in [1.29, 1.82) is 0 Å². The number of rotatable bonds is 6. The Morgan fingerprint density at radius 1 is 0.967 bits per heavy atom. The van der Waals surface area contributed by atoms with Crippen LogP contribution in [-0.2, 0) is 0 Å². The number of aromatic nitrogens is 2. The van der Waals surface area contributed by atoms with Gasteiger partial charge in [-0.1, -0.05) is 17.7 Å². The van der Waals surface area contributed by atoms with Crippen LogP contribution in [0, 0.1) is 0 Å². The molecule has 1 fully saturated rings. The summed E-state index contributed by atoms with van der Waals surface area (Å²) in [4.78, 5) is 13.6. The molecular formula is C22H25ClN6O. The van der Waals surface area contributed by atoms with Gasteiger partial charge >= 0.3 is 0 Å². The van der Waals surface area contributed by atoms with E-state index in [1.807, 2.05) is 36.4 Å². The third-order valence-corrected chi connectivity index (χ3v) is 5.35. The fourth-order valence-corrected chi connectivity index (χ4v) is 3.44. The Morgan fingerprint density at radius 2 is 1.73 bits per heavy atom. The van der Waals surface area contributed by atoms with Crippen LogP contribution in [0.2, 0.25) is 5.02 Å². The van der Waals surface area contributed by atoms with E-state index in [2.05, 4.69) is 49.6 Å². The molecule has 0 radical (unpaired) electrons. The first-order valence-electron chi connectivity index (χ1n) is 9.85. The third-order valence-electron chi connectivity index (χ3n) is 5.07. The summed E-state index contributed by atoms with van der Waals surface area (Å²) in [6, 6.07) is 15.9. The average molecular weight is 425 g/mol. The van der Waals surface area contributed by atoms with Crippen LogP contribution in [0.1, 0.15) is 0 Å². The van der Waals surface area contributed by atoms with E-state index >= 15 is 0 Å². The van der Waals surface area contributed by atoms with Gasteiger partial charge in [0.15, 0.2) is 5.82 Å². The van der Waals surface area contributed by atoms with Crippen molar-refractivity contribution in [2.75, 3.05) is 55.9 Å². The molecule has 1 aliphatic rings. The maximum atomic E-state index is 6.28. The molecule has 1 aliphatic heterocycles. The van der Waals surface area contributed by atoms with E-state index in [9.17, 15) is 0 Å². The van der Waals surface area contributed by atoms with Crippen molar-refractivity contribution in [1.82, 2.24) is 14.9 Å². The van der Waals surface area contributed by atoms with Gasteiger partial charge in [-0.05, 0) is 43.4 Å². The summed E-state index contributed by atoms with van der Waals surface area (Å²) < 4.78 is 5.26. The van der Waals surface area contributed by atoms with E-state index in [0.717, 1.165) is 43.3 Å². The average Bonchev–Trinajstić information content (AvgIpc) is 2.77. The second kappa shape index (κ2) is 9.19. The van der Waals surface area contributed by atoms with E-state index in [0.29, 0.717) is 16.8 Å². The number of likely N-dealkylation sites (N-methyl/N-ethyl adjacent to an activating group) is 1. The zero-order valence-electron chi connectivity index (χ0n) is 17.1. The Bertz CT molecular complexity index is 989. The van der Waals surface area contributed by atoms with Crippen molar-refractivity contribution in [2.24, 2.45) is 0 Å². The largest absolute Gasteiger partial charge is 0.497 e. The van der Waals surface area contributed by atoms with E-state index in [4.69, 9.17) is 16.3 Å². The molecule has 0 unspecified atom stereocenters. The number of ether oxygens (including phenoxy) is 1. The minimum absolute atomic E-state index is 0.439. The van der Waals surface area contributed by atoms with E-state index in [1.165, 1.54) is 5.69 Å². The third kappa shape index (κ3) is 4.93. The van der Waals surface area contributed by atoms with Crippen LogP contribution >= 0.6 is 11.6 Å². The standard InChI is InChI=1S/C22H25ClN6O/c1-28-10-12-29(13-11-28)18-8-6-16(7-9-18)26-22-24-15-20(23)21(27-22)25-17-4-3-5-19(14-17)30-2/h3-9,14-15H,10-13H2,1-2H3,(H2,24,25,26,27). The zero-order valence-corrected chi connectivity index (χ0v) is 17.9. The first-order chi connectivity index (χ1) is 14.6. The summed E-state index contributed by atoms with van der Waals surface area (Å²) in [7, 11) is 3.79. The smallest absolute Gasteiger partial charge is 0.229 e. The molecule has 0 saturated carbocycles. The highest BCUT2D eigenvalue weighted by Crippen LogP contribution is 2.27. The Morgan fingerprint density at radius 3 is 2.47 bits per heavy atom. The van der Waals surface area contributed by atoms with Gasteiger partial charge in [0.1, 0.15) is 10.8 Å². The van der Waals surface area contributed by atoms with Crippen LogP contribution in [-0.4, -0.2) is 55.2 Å². The minimum Gasteiger partial charge on any atom is -0.497 e. The number of nitrogens with one attached hydrogen (secondary N) is 2. The molecule has 0 bridgehead atoms. The van der Waals surface area contributed by atoms with Crippen LogP contribution in [0.25, 0.3) is 0 Å². The normalized spacial score (nSPS) is 14.4. The molecule has 1 aromatic heterocycles. The summed E-state index contributed by atoms with van der Waals surface area (Å²) in [5, 5.41) is 6.90. The Labute approximate surface area is 181 Å². The van der Waals surface area contributed by atoms with Gasteiger partial charge in [0, 0.05) is 49.3 Å². The van der Waals surface area contributed by atoms with Gasteiger partial charge < -0.3 is 25.2 Å². The van der Waals surface area contributed by atoms with E-state index in [1.54, 1.807) is 13.3 Å². The molecule has 2 N–H and O–H groups in total. The molecule has 30 heavy (non-hydrogen) atoms. The van der Waals surface area contributed by atoms with Crippen LogP contribution in [0.3, 0.4) is 0 Å². The van der Waals surface area contributed by atoms with Crippen LogP contribution in [0.4, 0.5) is 28.8 Å². The quantitative estimate of drug-likeness (QED) is 0.608. The molecule has 3 aromatic rings. The molecule has 0 amide bonds. The topological polar surface area (TPSA) is 65.6 Å². The molecule has 4 rings (SSSR count). The predicted octanol–water partition coefficient (Wildman–Crippen LogP) is 4.38. The van der Waals surface area contributed by atoms with Gasteiger partial charge in [0.25, 0.3) is 0 Å². The number of hydrogen-bond donors (Lipinski definition) is 2. The highest BCUT2D eigenvalue weighted by atomic mass is 35.5. The van der Waals surface area contributed by atoms with Crippen molar-refractivity contribution in [2.45, 2.75) is 0 Å². The molecule has 7 nitrogen and oxygen atoms in total. The van der Waals surface area contributed by atoms with Crippen molar-refractivity contribution < 1.29 is 4.74 Å². The lowest BCUT2D eigenvalue weighted by Crippen LogP contribution is -2.44. The summed E-state index contributed by atoms with van der Waals surface area (Å²) in [5.41, 5.74) is 2.98. The molecular weight excluding hydrogens is 400 g/mol. The second-order valence-corrected chi connectivity index (χ2v) is 7.62. The lowest BCUT2D eigenvalue weighted by atomic mass is 10.2. The van der Waals surface area contributed by atoms with Gasteiger partial charge in [0.05, 0.1) is 13.3 Å². The van der Waals surface area contributed by atoms with Crippen molar-refractivity contribution in [3.8, 4) is 5.75 Å². The lowest BCUT2D eigenvalue weighted by molar-refractivity contribution is 0.313. The van der Waals surface area contributed by atoms with Gasteiger partial charge in [0.2, 0.25) is 5.95 Å². The maximum absolute atomic E-state index is 6.28. The van der Waals surface area contributed by atoms with E-state index in [-0.39, 0.29) is 0 Å². The summed E-state index contributed by atoms with van der Waals surface area (Å²) >= 11 is 6.28. The maximum Gasteiger partial charge on any atom is 0.229 e. The predicted molar refractivity (Wildman–Crippen MR) is 123 cm³/mol. The van der Waals surface area contributed by atoms with Gasteiger partial charge in [-0.3, -0.25) is 0 Å². The number of halogens is 1. The number of methoxy groups -OCH3 is 1. The Kier molecular flexibility index (Phi) is 6.21. The van der Waals surface area contributed by atoms with E-state index < -0.39 is 0 Å². The number of anilines is 5. The summed E-state index contributed by atoms with van der Waals surface area (Å²) in [5.74, 6) is 1.75. The highest BCUT2D eigenvalue weighted by Gasteiger charge is 2.14. The molecule has 8 heteroatoms. The molecule has 1 saturated heterocycles. The minimum atomic E-state index is 0.439. The second-order valence-electron chi connectivity index (χ2n) is 7.21. The molecule has 0 atom stereocenters. The first kappa shape index (κ1) is 20.3. The van der Waals surface area contributed by atoms with Gasteiger partial charge in [-0.25, -0.2) is 4.98 Å². The number of nitrogens with zero attached hydrogens (tertiary/aromatic N) is 4. The SMILES string of the molecule is COc1cccc(Nc2nc(Nc3ccc(N4CCN(C)CC4)cc3)ncc2Cl)c1. The fraction of sp³-hybridized carbons (Fsp3) is 0.273. The monoisotopic (exact) mass is 424 g/mol. The highest BCUT2D eigenvalue weighted by molar-refractivity contribution is 6.32. The fourth-order valence-electron chi connectivity index (χ4n) is 3.30. The molecule has 2 aromatic carbocycles. The molecule has 2 heterocycles. The lowest BCUT2D eigenvalue weighted by Gasteiger charge is -2.34.